The molecule has 0 saturated carbocycles. The van der Waals surface area contributed by atoms with Crippen molar-refractivity contribution >= 4 is 68.7 Å². The SMILES string of the molecule is Nc1cc(C(=O)Nc2ccccc2)c(N)c(N)c1N.Nc1cc(N)cc(NC(=O)c2ccc(N)cc2N)c1. The van der Waals surface area contributed by atoms with E-state index in [9.17, 15) is 9.59 Å². The van der Waals surface area contributed by atoms with E-state index in [1.807, 2.05) is 18.2 Å². The fourth-order valence-corrected chi connectivity index (χ4v) is 3.40. The summed E-state index contributed by atoms with van der Waals surface area (Å²) in [5, 5.41) is 5.38. The number of anilines is 10. The lowest BCUT2D eigenvalue weighted by Crippen LogP contribution is -2.16. The van der Waals surface area contributed by atoms with Gasteiger partial charge in [0.2, 0.25) is 0 Å². The molecule has 0 unspecified atom stereocenters. The van der Waals surface area contributed by atoms with Gasteiger partial charge in [0.25, 0.3) is 11.8 Å². The summed E-state index contributed by atoms with van der Waals surface area (Å²) in [4.78, 5) is 24.2. The van der Waals surface area contributed by atoms with Crippen LogP contribution in [0.4, 0.5) is 56.9 Å². The van der Waals surface area contributed by atoms with Crippen molar-refractivity contribution in [2.24, 2.45) is 0 Å². The molecule has 0 radical (unpaired) electrons. The van der Waals surface area contributed by atoms with Gasteiger partial charge in [-0.2, -0.15) is 0 Å². The van der Waals surface area contributed by atoms with E-state index in [4.69, 9.17) is 45.9 Å². The average molecular weight is 515 g/mol. The van der Waals surface area contributed by atoms with Crippen LogP contribution < -0.4 is 56.5 Å². The summed E-state index contributed by atoms with van der Waals surface area (Å²) in [6, 6.07) is 19.9. The van der Waals surface area contributed by atoms with Crippen LogP contribution in [0, 0.1) is 0 Å². The lowest BCUT2D eigenvalue weighted by Gasteiger charge is -2.13. The molecule has 0 aliphatic heterocycles. The molecule has 4 aromatic rings. The Morgan fingerprint density at radius 3 is 1.66 bits per heavy atom. The predicted molar refractivity (Wildman–Crippen MR) is 157 cm³/mol. The molecule has 0 atom stereocenters. The van der Waals surface area contributed by atoms with Crippen LogP contribution in [-0.2, 0) is 0 Å². The molecule has 38 heavy (non-hydrogen) atoms. The molecular weight excluding hydrogens is 484 g/mol. The van der Waals surface area contributed by atoms with Gasteiger partial charge in [-0.25, -0.2) is 0 Å². The number of nitrogen functional groups attached to an aromatic ring is 8. The molecule has 12 heteroatoms. The Balaban J connectivity index is 0.000000211. The zero-order valence-electron chi connectivity index (χ0n) is 20.4. The molecule has 4 rings (SSSR count). The summed E-state index contributed by atoms with van der Waals surface area (Å²) in [6.45, 7) is 0. The van der Waals surface area contributed by atoms with Crippen molar-refractivity contribution in [3.05, 3.63) is 83.9 Å². The van der Waals surface area contributed by atoms with E-state index in [1.165, 1.54) is 12.1 Å². The van der Waals surface area contributed by atoms with Crippen LogP contribution in [0.15, 0.2) is 72.8 Å². The van der Waals surface area contributed by atoms with Crippen molar-refractivity contribution in [3.63, 3.8) is 0 Å². The smallest absolute Gasteiger partial charge is 0.257 e. The molecule has 0 bridgehead atoms. The quantitative estimate of drug-likeness (QED) is 0.178. The van der Waals surface area contributed by atoms with E-state index in [-0.39, 0.29) is 40.1 Å². The summed E-state index contributed by atoms with van der Waals surface area (Å²) in [6.07, 6.45) is 0. The van der Waals surface area contributed by atoms with Gasteiger partial charge >= 0.3 is 0 Å². The standard InChI is InChI=1S/2C13H15N5O/c14-7-1-2-11(12(17)6-7)13(19)18-10-4-8(15)3-9(16)5-10;14-9-6-8(10(15)12(17)11(9)16)13(19)18-7-4-2-1-3-5-7/h2*1-6H,14-17H2,(H,18,19). The van der Waals surface area contributed by atoms with Crippen molar-refractivity contribution in [1.29, 1.82) is 0 Å². The molecule has 4 aromatic carbocycles. The summed E-state index contributed by atoms with van der Waals surface area (Å²) in [5.74, 6) is -0.732. The predicted octanol–water partition coefficient (Wildman–Crippen LogP) is 2.54. The van der Waals surface area contributed by atoms with Gasteiger partial charge in [0.1, 0.15) is 0 Å². The second kappa shape index (κ2) is 11.3. The zero-order chi connectivity index (χ0) is 28.0. The molecule has 0 aromatic heterocycles. The van der Waals surface area contributed by atoms with E-state index in [0.29, 0.717) is 39.7 Å². The maximum atomic E-state index is 12.1. The highest BCUT2D eigenvalue weighted by Gasteiger charge is 2.16. The second-order valence-electron chi connectivity index (χ2n) is 8.26. The highest BCUT2D eigenvalue weighted by molar-refractivity contribution is 6.12. The lowest BCUT2D eigenvalue weighted by atomic mass is 10.1. The Labute approximate surface area is 218 Å². The van der Waals surface area contributed by atoms with Gasteiger partial charge in [-0.15, -0.1) is 0 Å². The number of rotatable bonds is 4. The summed E-state index contributed by atoms with van der Waals surface area (Å²) >= 11 is 0. The maximum Gasteiger partial charge on any atom is 0.257 e. The van der Waals surface area contributed by atoms with Crippen LogP contribution >= 0.6 is 0 Å². The maximum absolute atomic E-state index is 12.1. The third-order valence-electron chi connectivity index (χ3n) is 5.31. The Kier molecular flexibility index (Phi) is 7.98. The number of benzene rings is 4. The number of hydrogen-bond acceptors (Lipinski definition) is 10. The van der Waals surface area contributed by atoms with Gasteiger partial charge in [-0.3, -0.25) is 9.59 Å². The zero-order valence-corrected chi connectivity index (χ0v) is 20.4. The van der Waals surface area contributed by atoms with Gasteiger partial charge in [-0.05, 0) is 54.6 Å². The first-order valence-corrected chi connectivity index (χ1v) is 11.2. The van der Waals surface area contributed by atoms with Crippen LogP contribution in [0.3, 0.4) is 0 Å². The molecule has 0 fully saturated rings. The topological polar surface area (TPSA) is 266 Å². The number of carbonyl (C=O) groups is 2. The number of nitrogens with one attached hydrogen (secondary N) is 2. The van der Waals surface area contributed by atoms with Gasteiger partial charge < -0.3 is 56.5 Å². The largest absolute Gasteiger partial charge is 0.399 e. The fourth-order valence-electron chi connectivity index (χ4n) is 3.40. The monoisotopic (exact) mass is 514 g/mol. The van der Waals surface area contributed by atoms with Gasteiger partial charge in [0.15, 0.2) is 0 Å². The van der Waals surface area contributed by atoms with Crippen molar-refractivity contribution in [3.8, 4) is 0 Å². The molecule has 0 aliphatic carbocycles. The van der Waals surface area contributed by atoms with E-state index >= 15 is 0 Å². The molecule has 0 aliphatic rings. The summed E-state index contributed by atoms with van der Waals surface area (Å²) < 4.78 is 0. The molecule has 12 nitrogen and oxygen atoms in total. The molecule has 18 N–H and O–H groups in total. The van der Waals surface area contributed by atoms with E-state index < -0.39 is 0 Å². The Hall–Kier alpha value is -5.78. The number of para-hydroxylation sites is 1. The summed E-state index contributed by atoms with van der Waals surface area (Å²) in [7, 11) is 0. The summed E-state index contributed by atoms with van der Waals surface area (Å²) in [5.41, 5.74) is 49.6. The van der Waals surface area contributed by atoms with Gasteiger partial charge in [0, 0.05) is 34.1 Å². The minimum absolute atomic E-state index is 0.123. The second-order valence-corrected chi connectivity index (χ2v) is 8.26. The van der Waals surface area contributed by atoms with Crippen molar-refractivity contribution in [2.45, 2.75) is 0 Å². The molecule has 196 valence electrons. The Morgan fingerprint density at radius 2 is 1.05 bits per heavy atom. The van der Waals surface area contributed by atoms with Crippen LogP contribution in [0.1, 0.15) is 20.7 Å². The van der Waals surface area contributed by atoms with Gasteiger partial charge in [0.05, 0.1) is 33.9 Å². The van der Waals surface area contributed by atoms with Crippen molar-refractivity contribution < 1.29 is 9.59 Å². The van der Waals surface area contributed by atoms with Gasteiger partial charge in [-0.1, -0.05) is 18.2 Å². The lowest BCUT2D eigenvalue weighted by molar-refractivity contribution is 0.101. The van der Waals surface area contributed by atoms with E-state index in [0.717, 1.165) is 0 Å². The number of nitrogens with two attached hydrogens (primary N) is 8. The van der Waals surface area contributed by atoms with Crippen LogP contribution in [-0.4, -0.2) is 11.8 Å². The first-order chi connectivity index (χ1) is 18.0. The minimum Gasteiger partial charge on any atom is -0.399 e. The van der Waals surface area contributed by atoms with Crippen LogP contribution in [0.5, 0.6) is 0 Å². The first kappa shape index (κ1) is 26.8. The third-order valence-corrected chi connectivity index (χ3v) is 5.31. The molecule has 0 saturated heterocycles. The Morgan fingerprint density at radius 1 is 0.474 bits per heavy atom. The van der Waals surface area contributed by atoms with Crippen molar-refractivity contribution in [1.82, 2.24) is 0 Å². The number of amides is 2. The van der Waals surface area contributed by atoms with Crippen LogP contribution in [0.25, 0.3) is 0 Å². The minimum atomic E-state index is -0.387. The molecule has 0 spiro atoms. The van der Waals surface area contributed by atoms with Crippen molar-refractivity contribution in [2.75, 3.05) is 56.5 Å². The normalized spacial score (nSPS) is 10.1. The molecule has 2 amide bonds. The highest BCUT2D eigenvalue weighted by Crippen LogP contribution is 2.32. The third kappa shape index (κ3) is 6.46. The average Bonchev–Trinajstić information content (AvgIpc) is 2.85. The molecular formula is C26H30N10O2. The van der Waals surface area contributed by atoms with E-state index in [2.05, 4.69) is 10.6 Å². The Bertz CT molecular complexity index is 1470. The molecule has 0 heterocycles. The fraction of sp³-hybridized carbons (Fsp3) is 0. The van der Waals surface area contributed by atoms with Crippen LogP contribution in [0.2, 0.25) is 0 Å². The highest BCUT2D eigenvalue weighted by atomic mass is 16.2. The van der Waals surface area contributed by atoms with E-state index in [1.54, 1.807) is 42.5 Å². The first-order valence-electron chi connectivity index (χ1n) is 11.2. The number of carbonyl (C=O) groups excluding carboxylic acids is 2. The number of hydrogen-bond donors (Lipinski definition) is 10.